The van der Waals surface area contributed by atoms with Gasteiger partial charge in [-0.2, -0.15) is 0 Å². The first-order valence-corrected chi connectivity index (χ1v) is 8.39. The third kappa shape index (κ3) is 5.57. The van der Waals surface area contributed by atoms with Crippen molar-refractivity contribution in [3.63, 3.8) is 0 Å². The van der Waals surface area contributed by atoms with Crippen LogP contribution in [-0.4, -0.2) is 14.7 Å². The lowest BCUT2D eigenvalue weighted by atomic mass is 10.1. The highest BCUT2D eigenvalue weighted by Crippen LogP contribution is 2.09. The summed E-state index contributed by atoms with van der Waals surface area (Å²) in [6, 6.07) is 13.4. The fourth-order valence-electron chi connectivity index (χ4n) is 1.99. The first-order chi connectivity index (χ1) is 9.18. The maximum atomic E-state index is 10.9. The molecule has 0 fully saturated rings. The smallest absolute Gasteiger partial charge is 0.175 e. The summed E-state index contributed by atoms with van der Waals surface area (Å²) >= 11 is 0. The average molecular weight is 290 g/mol. The third-order valence-electron chi connectivity index (χ3n) is 2.82. The van der Waals surface area contributed by atoms with Gasteiger partial charge in [0.25, 0.3) is 0 Å². The Hall–Kier alpha value is -1.61. The maximum Gasteiger partial charge on any atom is 0.175 e. The molecule has 2 nitrogen and oxygen atoms in total. The van der Waals surface area contributed by atoms with E-state index < -0.39 is 9.84 Å². The molecule has 0 amide bonds. The Morgan fingerprint density at radius 1 is 0.650 bits per heavy atom. The zero-order chi connectivity index (χ0) is 15.3. The van der Waals surface area contributed by atoms with Crippen LogP contribution in [0.25, 0.3) is 0 Å². The van der Waals surface area contributed by atoms with Crippen LogP contribution in [0, 0.1) is 27.7 Å². The van der Waals surface area contributed by atoms with E-state index in [1.807, 2.05) is 6.92 Å². The van der Waals surface area contributed by atoms with E-state index in [9.17, 15) is 8.42 Å². The summed E-state index contributed by atoms with van der Waals surface area (Å²) in [5.41, 5.74) is 5.13. The molecule has 0 aliphatic carbocycles. The molecule has 3 heteroatoms. The van der Waals surface area contributed by atoms with Crippen molar-refractivity contribution in [1.82, 2.24) is 0 Å². The van der Waals surface area contributed by atoms with E-state index in [4.69, 9.17) is 0 Å². The largest absolute Gasteiger partial charge is 0.224 e. The van der Waals surface area contributed by atoms with Gasteiger partial charge in [0.1, 0.15) is 0 Å². The van der Waals surface area contributed by atoms with Gasteiger partial charge in [-0.05, 0) is 39.8 Å². The van der Waals surface area contributed by atoms with Gasteiger partial charge in [-0.15, -0.1) is 0 Å². The van der Waals surface area contributed by atoms with Crippen molar-refractivity contribution >= 4 is 9.84 Å². The van der Waals surface area contributed by atoms with Gasteiger partial charge in [0, 0.05) is 6.26 Å². The Kier molecular flexibility index (Phi) is 5.52. The van der Waals surface area contributed by atoms with Gasteiger partial charge in [-0.3, -0.25) is 0 Å². The van der Waals surface area contributed by atoms with Crippen molar-refractivity contribution in [2.24, 2.45) is 0 Å². The molecule has 0 saturated heterocycles. The van der Waals surface area contributed by atoms with Crippen LogP contribution in [0.5, 0.6) is 0 Å². The molecule has 2 aromatic rings. The molecule has 0 radical (unpaired) electrons. The minimum Gasteiger partial charge on any atom is -0.224 e. The van der Waals surface area contributed by atoms with Crippen molar-refractivity contribution in [2.45, 2.75) is 32.6 Å². The van der Waals surface area contributed by atoms with Gasteiger partial charge < -0.3 is 0 Å². The monoisotopic (exact) mass is 290 g/mol. The van der Waals surface area contributed by atoms with Crippen molar-refractivity contribution < 1.29 is 8.42 Å². The van der Waals surface area contributed by atoms with Crippen LogP contribution in [0.15, 0.2) is 47.4 Å². The first kappa shape index (κ1) is 16.4. The summed E-state index contributed by atoms with van der Waals surface area (Å²) in [5.74, 6) is 0. The standard InChI is InChI=1S/C9H12.C8H10O2S/c1-7-4-8(2)6-9(3)5-7;1-7-3-5-8(6-4-7)11(2,9)10/h4-6H,1-3H3;3-6H,1-2H3. The Morgan fingerprint density at radius 2 is 1.00 bits per heavy atom. The number of aryl methyl sites for hydroxylation is 4. The van der Waals surface area contributed by atoms with Crippen molar-refractivity contribution in [1.29, 1.82) is 0 Å². The van der Waals surface area contributed by atoms with E-state index in [-0.39, 0.29) is 0 Å². The van der Waals surface area contributed by atoms with E-state index >= 15 is 0 Å². The van der Waals surface area contributed by atoms with Crippen LogP contribution in [-0.2, 0) is 9.84 Å². The molecular weight excluding hydrogens is 268 g/mol. The molecule has 0 aliphatic heterocycles. The molecule has 0 aliphatic rings. The van der Waals surface area contributed by atoms with Crippen molar-refractivity contribution in [3.8, 4) is 0 Å². The van der Waals surface area contributed by atoms with Crippen LogP contribution in [0.2, 0.25) is 0 Å². The van der Waals surface area contributed by atoms with E-state index in [1.54, 1.807) is 24.3 Å². The van der Waals surface area contributed by atoms with Crippen LogP contribution < -0.4 is 0 Å². The molecule has 108 valence electrons. The summed E-state index contributed by atoms with van der Waals surface area (Å²) in [6.45, 7) is 8.30. The van der Waals surface area contributed by atoms with Gasteiger partial charge in [0.2, 0.25) is 0 Å². The lowest BCUT2D eigenvalue weighted by Crippen LogP contribution is -1.95. The zero-order valence-electron chi connectivity index (χ0n) is 12.8. The quantitative estimate of drug-likeness (QED) is 0.795. The maximum absolute atomic E-state index is 10.9. The summed E-state index contributed by atoms with van der Waals surface area (Å²) in [6.07, 6.45) is 1.21. The number of hydrogen-bond acceptors (Lipinski definition) is 2. The second-order valence-corrected chi connectivity index (χ2v) is 7.27. The average Bonchev–Trinajstić information content (AvgIpc) is 2.26. The Balaban J connectivity index is 0.000000204. The van der Waals surface area contributed by atoms with Crippen LogP contribution in [0.1, 0.15) is 22.3 Å². The predicted molar refractivity (Wildman–Crippen MR) is 84.9 cm³/mol. The Bertz CT molecular complexity index is 618. The summed E-state index contributed by atoms with van der Waals surface area (Å²) in [4.78, 5) is 0.378. The zero-order valence-corrected chi connectivity index (χ0v) is 13.6. The van der Waals surface area contributed by atoms with Crippen LogP contribution >= 0.6 is 0 Å². The van der Waals surface area contributed by atoms with Crippen molar-refractivity contribution in [3.05, 3.63) is 64.7 Å². The topological polar surface area (TPSA) is 34.1 Å². The molecule has 0 saturated carbocycles. The number of hydrogen-bond donors (Lipinski definition) is 0. The molecule has 0 bridgehead atoms. The second kappa shape index (κ2) is 6.71. The number of sulfone groups is 1. The Labute approximate surface area is 122 Å². The van der Waals surface area contributed by atoms with Gasteiger partial charge in [-0.1, -0.05) is 52.6 Å². The molecule has 2 rings (SSSR count). The molecule has 0 atom stereocenters. The van der Waals surface area contributed by atoms with Crippen LogP contribution in [0.4, 0.5) is 0 Å². The minimum atomic E-state index is -3.02. The predicted octanol–water partition coefficient (Wildman–Crippen LogP) is 4.01. The van der Waals surface area contributed by atoms with E-state index in [0.717, 1.165) is 5.56 Å². The number of rotatable bonds is 1. The third-order valence-corrected chi connectivity index (χ3v) is 3.94. The van der Waals surface area contributed by atoms with E-state index in [0.29, 0.717) is 4.90 Å². The lowest BCUT2D eigenvalue weighted by molar-refractivity contribution is 0.602. The second-order valence-electron chi connectivity index (χ2n) is 5.25. The van der Waals surface area contributed by atoms with E-state index in [1.165, 1.54) is 22.9 Å². The fraction of sp³-hybridized carbons (Fsp3) is 0.294. The summed E-state index contributed by atoms with van der Waals surface area (Å²) < 4.78 is 21.9. The first-order valence-electron chi connectivity index (χ1n) is 6.50. The number of benzene rings is 2. The molecule has 20 heavy (non-hydrogen) atoms. The highest BCUT2D eigenvalue weighted by molar-refractivity contribution is 7.90. The van der Waals surface area contributed by atoms with Gasteiger partial charge in [-0.25, -0.2) is 8.42 Å². The van der Waals surface area contributed by atoms with Gasteiger partial charge >= 0.3 is 0 Å². The van der Waals surface area contributed by atoms with Crippen molar-refractivity contribution in [2.75, 3.05) is 6.26 Å². The Morgan fingerprint density at radius 3 is 1.30 bits per heavy atom. The molecule has 0 heterocycles. The highest BCUT2D eigenvalue weighted by Gasteiger charge is 2.04. The molecule has 0 unspecified atom stereocenters. The SMILES string of the molecule is Cc1cc(C)cc(C)c1.Cc1ccc(S(C)(=O)=O)cc1. The van der Waals surface area contributed by atoms with E-state index in [2.05, 4.69) is 39.0 Å². The normalized spacial score (nSPS) is 10.7. The van der Waals surface area contributed by atoms with Crippen LogP contribution in [0.3, 0.4) is 0 Å². The molecule has 0 spiro atoms. The fourth-order valence-corrected chi connectivity index (χ4v) is 2.62. The molecular formula is C17H22O2S. The van der Waals surface area contributed by atoms with Gasteiger partial charge in [0.15, 0.2) is 9.84 Å². The molecule has 0 N–H and O–H groups in total. The highest BCUT2D eigenvalue weighted by atomic mass is 32.2. The van der Waals surface area contributed by atoms with Gasteiger partial charge in [0.05, 0.1) is 4.90 Å². The summed E-state index contributed by atoms with van der Waals surface area (Å²) in [7, 11) is -3.02. The molecule has 0 aromatic heterocycles. The lowest BCUT2D eigenvalue weighted by Gasteiger charge is -1.96. The molecule has 2 aromatic carbocycles. The summed E-state index contributed by atoms with van der Waals surface area (Å²) in [5, 5.41) is 0. The minimum absolute atomic E-state index is 0.378.